The van der Waals surface area contributed by atoms with Crippen molar-refractivity contribution in [3.8, 4) is 11.1 Å². The van der Waals surface area contributed by atoms with Gasteiger partial charge in [-0.15, -0.1) is 0 Å². The lowest BCUT2D eigenvalue weighted by Crippen LogP contribution is -2.47. The smallest absolute Gasteiger partial charge is 0.407 e. The highest BCUT2D eigenvalue weighted by Gasteiger charge is 2.29. The molecule has 0 aliphatic heterocycles. The van der Waals surface area contributed by atoms with Crippen LogP contribution in [-0.2, 0) is 14.3 Å². The molecule has 0 saturated heterocycles. The molecule has 2 amide bonds. The maximum Gasteiger partial charge on any atom is 0.407 e. The lowest BCUT2D eigenvalue weighted by atomic mass is 9.98. The highest BCUT2D eigenvalue weighted by Crippen LogP contribution is 2.44. The number of fused-ring (bicyclic) bond motifs is 3. The molecule has 1 atom stereocenters. The van der Waals surface area contributed by atoms with Gasteiger partial charge in [0.15, 0.2) is 0 Å². The number of ether oxygens (including phenoxy) is 1. The summed E-state index contributed by atoms with van der Waals surface area (Å²) in [6.45, 7) is 2.20. The standard InChI is InChI=1S/C23H26N2O5/c1-2-20(22(28)24-13-7-12-21(26)27)25-23(29)30-14-19-17-10-5-3-8-15(17)16-9-4-6-11-18(16)19/h3-6,8-11,19-20H,2,7,12-14H2,1H3,(H,24,28)(H,25,29)(H,26,27). The molecule has 0 aromatic heterocycles. The van der Waals surface area contributed by atoms with Crippen LogP contribution in [0.3, 0.4) is 0 Å². The second kappa shape index (κ2) is 9.91. The minimum atomic E-state index is -0.909. The number of carbonyl (C=O) groups excluding carboxylic acids is 2. The molecule has 0 saturated carbocycles. The fraction of sp³-hybridized carbons (Fsp3) is 0.348. The third-order valence-corrected chi connectivity index (χ3v) is 5.23. The van der Waals surface area contributed by atoms with Gasteiger partial charge in [-0.1, -0.05) is 55.5 Å². The first-order chi connectivity index (χ1) is 14.5. The molecule has 0 radical (unpaired) electrons. The van der Waals surface area contributed by atoms with E-state index < -0.39 is 18.1 Å². The molecule has 2 aromatic rings. The summed E-state index contributed by atoms with van der Waals surface area (Å²) in [7, 11) is 0. The summed E-state index contributed by atoms with van der Waals surface area (Å²) >= 11 is 0. The molecule has 1 aliphatic carbocycles. The Balaban J connectivity index is 1.55. The number of aliphatic carboxylic acids is 1. The molecular weight excluding hydrogens is 384 g/mol. The third-order valence-electron chi connectivity index (χ3n) is 5.23. The first kappa shape index (κ1) is 21.4. The summed E-state index contributed by atoms with van der Waals surface area (Å²) in [4.78, 5) is 35.1. The number of hydrogen-bond acceptors (Lipinski definition) is 4. The van der Waals surface area contributed by atoms with Gasteiger partial charge in [0.25, 0.3) is 0 Å². The van der Waals surface area contributed by atoms with E-state index in [0.717, 1.165) is 22.3 Å². The second-order valence-electron chi connectivity index (χ2n) is 7.22. The third kappa shape index (κ3) is 4.97. The Morgan fingerprint density at radius 2 is 1.63 bits per heavy atom. The Morgan fingerprint density at radius 1 is 1.03 bits per heavy atom. The first-order valence-electron chi connectivity index (χ1n) is 10.1. The molecule has 158 valence electrons. The largest absolute Gasteiger partial charge is 0.481 e. The molecule has 1 aliphatic rings. The van der Waals surface area contributed by atoms with Crippen LogP contribution in [0.5, 0.6) is 0 Å². The number of carboxylic acid groups (broad SMARTS) is 1. The van der Waals surface area contributed by atoms with E-state index in [0.29, 0.717) is 12.8 Å². The summed E-state index contributed by atoms with van der Waals surface area (Å²) < 4.78 is 5.47. The second-order valence-corrected chi connectivity index (χ2v) is 7.22. The number of benzene rings is 2. The van der Waals surface area contributed by atoms with Gasteiger partial charge in [0.1, 0.15) is 12.6 Å². The van der Waals surface area contributed by atoms with Crippen LogP contribution in [0.1, 0.15) is 43.2 Å². The summed E-state index contributed by atoms with van der Waals surface area (Å²) in [5.74, 6) is -1.31. The van der Waals surface area contributed by atoms with E-state index in [2.05, 4.69) is 22.8 Å². The van der Waals surface area contributed by atoms with Crippen LogP contribution in [0.4, 0.5) is 4.79 Å². The van der Waals surface area contributed by atoms with Gasteiger partial charge in [0.05, 0.1) is 0 Å². The van der Waals surface area contributed by atoms with Gasteiger partial charge in [-0.2, -0.15) is 0 Å². The molecule has 0 bridgehead atoms. The van der Waals surface area contributed by atoms with Crippen molar-refractivity contribution in [2.75, 3.05) is 13.2 Å². The van der Waals surface area contributed by atoms with Crippen LogP contribution in [0.25, 0.3) is 11.1 Å². The van der Waals surface area contributed by atoms with Gasteiger partial charge in [-0.05, 0) is 35.1 Å². The zero-order valence-electron chi connectivity index (χ0n) is 16.9. The Morgan fingerprint density at radius 3 is 2.20 bits per heavy atom. The van der Waals surface area contributed by atoms with Crippen molar-refractivity contribution in [2.45, 2.75) is 38.1 Å². The molecule has 3 N–H and O–H groups in total. The number of nitrogens with one attached hydrogen (secondary N) is 2. The van der Waals surface area contributed by atoms with E-state index in [-0.39, 0.29) is 31.4 Å². The van der Waals surface area contributed by atoms with Crippen molar-refractivity contribution in [1.82, 2.24) is 10.6 Å². The summed E-state index contributed by atoms with van der Waals surface area (Å²) in [5.41, 5.74) is 4.54. The lowest BCUT2D eigenvalue weighted by molar-refractivity contribution is -0.137. The average molecular weight is 410 g/mol. The molecule has 0 spiro atoms. The monoisotopic (exact) mass is 410 g/mol. The van der Waals surface area contributed by atoms with Gasteiger partial charge >= 0.3 is 12.1 Å². The number of hydrogen-bond donors (Lipinski definition) is 3. The Kier molecular flexibility index (Phi) is 7.06. The number of rotatable bonds is 9. The summed E-state index contributed by atoms with van der Waals surface area (Å²) in [6.07, 6.45) is 0.0679. The van der Waals surface area contributed by atoms with Crippen LogP contribution in [0.2, 0.25) is 0 Å². The first-order valence-corrected chi connectivity index (χ1v) is 10.1. The molecule has 2 aromatic carbocycles. The van der Waals surface area contributed by atoms with E-state index in [1.165, 1.54) is 0 Å². The fourth-order valence-electron chi connectivity index (χ4n) is 3.71. The van der Waals surface area contributed by atoms with E-state index in [1.807, 2.05) is 36.4 Å². The van der Waals surface area contributed by atoms with Crippen LogP contribution in [-0.4, -0.2) is 42.3 Å². The Labute approximate surface area is 175 Å². The lowest BCUT2D eigenvalue weighted by Gasteiger charge is -2.18. The molecule has 7 nitrogen and oxygen atoms in total. The van der Waals surface area contributed by atoms with Crippen LogP contribution >= 0.6 is 0 Å². The molecule has 30 heavy (non-hydrogen) atoms. The van der Waals surface area contributed by atoms with E-state index in [1.54, 1.807) is 6.92 Å². The quantitative estimate of drug-likeness (QED) is 0.550. The van der Waals surface area contributed by atoms with Crippen molar-refractivity contribution in [1.29, 1.82) is 0 Å². The van der Waals surface area contributed by atoms with Crippen molar-refractivity contribution in [3.63, 3.8) is 0 Å². The topological polar surface area (TPSA) is 105 Å². The molecule has 1 unspecified atom stereocenters. The average Bonchev–Trinajstić information content (AvgIpc) is 3.07. The minimum Gasteiger partial charge on any atom is -0.481 e. The zero-order valence-corrected chi connectivity index (χ0v) is 16.9. The van der Waals surface area contributed by atoms with Gasteiger partial charge in [0.2, 0.25) is 5.91 Å². The number of carbonyl (C=O) groups is 3. The van der Waals surface area contributed by atoms with E-state index in [9.17, 15) is 14.4 Å². The van der Waals surface area contributed by atoms with Crippen molar-refractivity contribution in [2.24, 2.45) is 0 Å². The predicted molar refractivity (Wildman–Crippen MR) is 112 cm³/mol. The number of alkyl carbamates (subject to hydrolysis) is 1. The van der Waals surface area contributed by atoms with Gasteiger partial charge in [-0.3, -0.25) is 9.59 Å². The van der Waals surface area contributed by atoms with Crippen molar-refractivity contribution >= 4 is 18.0 Å². The SMILES string of the molecule is CCC(NC(=O)OCC1c2ccccc2-c2ccccc21)C(=O)NCCCC(=O)O. The maximum absolute atomic E-state index is 12.3. The van der Waals surface area contributed by atoms with Crippen LogP contribution in [0, 0.1) is 0 Å². The zero-order chi connectivity index (χ0) is 21.5. The van der Waals surface area contributed by atoms with Crippen molar-refractivity contribution in [3.05, 3.63) is 59.7 Å². The normalized spacial score (nSPS) is 13.1. The number of carboxylic acids is 1. The maximum atomic E-state index is 12.3. The van der Waals surface area contributed by atoms with Gasteiger partial charge < -0.3 is 20.5 Å². The molecule has 0 fully saturated rings. The Hall–Kier alpha value is -3.35. The van der Waals surface area contributed by atoms with Gasteiger partial charge in [0, 0.05) is 18.9 Å². The van der Waals surface area contributed by atoms with E-state index in [4.69, 9.17) is 9.84 Å². The minimum absolute atomic E-state index is 0.0170. The molecule has 3 rings (SSSR count). The molecule has 7 heteroatoms. The van der Waals surface area contributed by atoms with E-state index >= 15 is 0 Å². The summed E-state index contributed by atoms with van der Waals surface area (Å²) in [5, 5.41) is 13.9. The van der Waals surface area contributed by atoms with Crippen LogP contribution < -0.4 is 10.6 Å². The highest BCUT2D eigenvalue weighted by atomic mass is 16.5. The van der Waals surface area contributed by atoms with Crippen molar-refractivity contribution < 1.29 is 24.2 Å². The van der Waals surface area contributed by atoms with Crippen LogP contribution in [0.15, 0.2) is 48.5 Å². The predicted octanol–water partition coefficient (Wildman–Crippen LogP) is 3.28. The molecular formula is C23H26N2O5. The fourth-order valence-corrected chi connectivity index (χ4v) is 3.71. The van der Waals surface area contributed by atoms with Gasteiger partial charge in [-0.25, -0.2) is 4.79 Å². The highest BCUT2D eigenvalue weighted by molar-refractivity contribution is 5.85. The number of amides is 2. The summed E-state index contributed by atoms with van der Waals surface area (Å²) in [6, 6.07) is 15.4. The molecule has 0 heterocycles. The Bertz CT molecular complexity index is 882.